The molecule has 1 aromatic carbocycles. The largest absolute Gasteiger partial charge is 0.416 e. The topological polar surface area (TPSA) is 3.24 Å². The van der Waals surface area contributed by atoms with Gasteiger partial charge in [-0.15, -0.1) is 0 Å². The maximum absolute atomic E-state index is 13.9. The van der Waals surface area contributed by atoms with Gasteiger partial charge in [0.05, 0.1) is 5.56 Å². The van der Waals surface area contributed by atoms with E-state index in [4.69, 9.17) is 0 Å². The van der Waals surface area contributed by atoms with Gasteiger partial charge in [-0.3, -0.25) is 4.90 Å². The summed E-state index contributed by atoms with van der Waals surface area (Å²) in [6, 6.07) is 2.76. The zero-order valence-electron chi connectivity index (χ0n) is 11.3. The molecule has 5 heteroatoms. The Balaban J connectivity index is 2.23. The fourth-order valence-corrected chi connectivity index (χ4v) is 2.46. The van der Waals surface area contributed by atoms with E-state index in [2.05, 4.69) is 11.8 Å². The van der Waals surface area contributed by atoms with Crippen LogP contribution in [0.2, 0.25) is 0 Å². The summed E-state index contributed by atoms with van der Waals surface area (Å²) in [4.78, 5) is 2.19. The van der Waals surface area contributed by atoms with Crippen molar-refractivity contribution < 1.29 is 17.6 Å². The SMILES string of the molecule is CCCN1CCC=C(c2ccc(C(F)(F)F)cc2F)C1. The Bertz CT molecular complexity index is 505. The van der Waals surface area contributed by atoms with Crippen molar-refractivity contribution >= 4 is 5.57 Å². The van der Waals surface area contributed by atoms with Gasteiger partial charge >= 0.3 is 6.18 Å². The van der Waals surface area contributed by atoms with E-state index in [9.17, 15) is 17.6 Å². The number of hydrogen-bond acceptors (Lipinski definition) is 1. The predicted molar refractivity (Wildman–Crippen MR) is 70.7 cm³/mol. The molecular formula is C15H17F4N. The molecule has 1 nitrogen and oxygen atoms in total. The smallest absolute Gasteiger partial charge is 0.299 e. The third-order valence-electron chi connectivity index (χ3n) is 3.41. The van der Waals surface area contributed by atoms with Crippen LogP contribution in [0.5, 0.6) is 0 Å². The Hall–Kier alpha value is -1.36. The highest BCUT2D eigenvalue weighted by molar-refractivity contribution is 5.68. The van der Waals surface area contributed by atoms with E-state index >= 15 is 0 Å². The summed E-state index contributed by atoms with van der Waals surface area (Å²) in [6.45, 7) is 4.49. The van der Waals surface area contributed by atoms with Crippen molar-refractivity contribution in [1.29, 1.82) is 0 Å². The van der Waals surface area contributed by atoms with E-state index in [0.29, 0.717) is 12.6 Å². The van der Waals surface area contributed by atoms with Crippen molar-refractivity contribution in [1.82, 2.24) is 4.90 Å². The molecule has 0 fully saturated rings. The van der Waals surface area contributed by atoms with Crippen LogP contribution in [0, 0.1) is 5.82 Å². The lowest BCUT2D eigenvalue weighted by molar-refractivity contribution is -0.137. The van der Waals surface area contributed by atoms with Gasteiger partial charge < -0.3 is 0 Å². The molecule has 0 radical (unpaired) electrons. The summed E-state index contributed by atoms with van der Waals surface area (Å²) in [7, 11) is 0. The average molecular weight is 287 g/mol. The van der Waals surface area contributed by atoms with E-state index in [-0.39, 0.29) is 5.56 Å². The van der Waals surface area contributed by atoms with Gasteiger partial charge in [-0.05, 0) is 37.1 Å². The first-order valence-electron chi connectivity index (χ1n) is 6.70. The van der Waals surface area contributed by atoms with Crippen LogP contribution >= 0.6 is 0 Å². The molecule has 2 rings (SSSR count). The van der Waals surface area contributed by atoms with E-state index in [0.717, 1.165) is 37.6 Å². The van der Waals surface area contributed by atoms with Crippen molar-refractivity contribution in [2.24, 2.45) is 0 Å². The Morgan fingerprint density at radius 1 is 1.25 bits per heavy atom. The second-order valence-electron chi connectivity index (χ2n) is 4.99. The highest BCUT2D eigenvalue weighted by atomic mass is 19.4. The third kappa shape index (κ3) is 3.39. The van der Waals surface area contributed by atoms with Gasteiger partial charge in [-0.2, -0.15) is 13.2 Å². The Morgan fingerprint density at radius 3 is 2.60 bits per heavy atom. The van der Waals surface area contributed by atoms with E-state index in [1.165, 1.54) is 6.07 Å². The van der Waals surface area contributed by atoms with Crippen molar-refractivity contribution in [2.75, 3.05) is 19.6 Å². The maximum atomic E-state index is 13.9. The first-order chi connectivity index (χ1) is 9.41. The monoisotopic (exact) mass is 287 g/mol. The van der Waals surface area contributed by atoms with Gasteiger partial charge in [0.15, 0.2) is 0 Å². The van der Waals surface area contributed by atoms with E-state index in [1.54, 1.807) is 0 Å². The van der Waals surface area contributed by atoms with Gasteiger partial charge in [0.1, 0.15) is 5.82 Å². The molecule has 1 aromatic rings. The highest BCUT2D eigenvalue weighted by Crippen LogP contribution is 2.32. The molecule has 0 saturated heterocycles. The molecule has 0 amide bonds. The van der Waals surface area contributed by atoms with E-state index < -0.39 is 17.6 Å². The number of nitrogens with zero attached hydrogens (tertiary/aromatic N) is 1. The minimum Gasteiger partial charge on any atom is -0.299 e. The number of rotatable bonds is 3. The highest BCUT2D eigenvalue weighted by Gasteiger charge is 2.31. The number of alkyl halides is 3. The van der Waals surface area contributed by atoms with Crippen LogP contribution in [0.3, 0.4) is 0 Å². The van der Waals surface area contributed by atoms with E-state index in [1.807, 2.05) is 6.08 Å². The zero-order valence-corrected chi connectivity index (χ0v) is 11.3. The van der Waals surface area contributed by atoms with Gasteiger partial charge in [-0.1, -0.05) is 19.1 Å². The quantitative estimate of drug-likeness (QED) is 0.747. The molecule has 110 valence electrons. The van der Waals surface area contributed by atoms with Crippen molar-refractivity contribution in [3.63, 3.8) is 0 Å². The Labute approximate surface area is 115 Å². The van der Waals surface area contributed by atoms with Crippen LogP contribution in [-0.2, 0) is 6.18 Å². The molecule has 0 spiro atoms. The third-order valence-corrected chi connectivity index (χ3v) is 3.41. The molecule has 1 aliphatic heterocycles. The lowest BCUT2D eigenvalue weighted by Crippen LogP contribution is -2.30. The number of hydrogen-bond donors (Lipinski definition) is 0. The minimum absolute atomic E-state index is 0.277. The fraction of sp³-hybridized carbons (Fsp3) is 0.467. The van der Waals surface area contributed by atoms with Crippen LogP contribution < -0.4 is 0 Å². The molecule has 20 heavy (non-hydrogen) atoms. The lowest BCUT2D eigenvalue weighted by atomic mass is 9.99. The lowest BCUT2D eigenvalue weighted by Gasteiger charge is -2.27. The van der Waals surface area contributed by atoms with Gasteiger partial charge in [0.25, 0.3) is 0 Å². The summed E-state index contributed by atoms with van der Waals surface area (Å²) in [5.41, 5.74) is 0.107. The molecule has 0 aliphatic carbocycles. The summed E-state index contributed by atoms with van der Waals surface area (Å²) in [5.74, 6) is -0.801. The molecule has 0 saturated carbocycles. The van der Waals surface area contributed by atoms with Crippen LogP contribution in [0.15, 0.2) is 24.3 Å². The summed E-state index contributed by atoms with van der Waals surface area (Å²) >= 11 is 0. The second kappa shape index (κ2) is 5.95. The summed E-state index contributed by atoms with van der Waals surface area (Å²) in [6.07, 6.45) is -0.787. The first-order valence-corrected chi connectivity index (χ1v) is 6.70. The molecule has 0 N–H and O–H groups in total. The van der Waals surface area contributed by atoms with Crippen molar-refractivity contribution in [3.05, 3.63) is 41.2 Å². The molecule has 0 atom stereocenters. The van der Waals surface area contributed by atoms with Crippen molar-refractivity contribution in [3.8, 4) is 0 Å². The molecule has 1 heterocycles. The Kier molecular flexibility index (Phi) is 4.48. The molecule has 0 unspecified atom stereocenters. The second-order valence-corrected chi connectivity index (χ2v) is 4.99. The standard InChI is InChI=1S/C15H17F4N/c1-2-7-20-8-3-4-11(10-20)13-6-5-12(9-14(13)16)15(17,18)19/h4-6,9H,2-3,7-8,10H2,1H3. The first kappa shape index (κ1) is 15.0. The van der Waals surface area contributed by atoms with Gasteiger partial charge in [-0.25, -0.2) is 4.39 Å². The van der Waals surface area contributed by atoms with Crippen LogP contribution in [0.25, 0.3) is 5.57 Å². The van der Waals surface area contributed by atoms with Crippen LogP contribution in [0.1, 0.15) is 30.9 Å². The Morgan fingerprint density at radius 2 is 2.00 bits per heavy atom. The van der Waals surface area contributed by atoms with Crippen LogP contribution in [-0.4, -0.2) is 24.5 Å². The number of halogens is 4. The average Bonchev–Trinajstić information content (AvgIpc) is 2.38. The maximum Gasteiger partial charge on any atom is 0.416 e. The molecule has 0 aromatic heterocycles. The zero-order chi connectivity index (χ0) is 14.8. The van der Waals surface area contributed by atoms with Gasteiger partial charge in [0.2, 0.25) is 0 Å². The van der Waals surface area contributed by atoms with Crippen molar-refractivity contribution in [2.45, 2.75) is 25.9 Å². The number of benzene rings is 1. The van der Waals surface area contributed by atoms with Gasteiger partial charge in [0, 0.05) is 18.7 Å². The molecule has 1 aliphatic rings. The van der Waals surface area contributed by atoms with Crippen LogP contribution in [0.4, 0.5) is 17.6 Å². The summed E-state index contributed by atoms with van der Waals surface area (Å²) < 4.78 is 51.5. The molecule has 0 bridgehead atoms. The normalized spacial score (nSPS) is 17.1. The fourth-order valence-electron chi connectivity index (χ4n) is 2.46. The minimum atomic E-state index is -4.51. The predicted octanol–water partition coefficient (Wildman–Crippen LogP) is 4.34. The molecular weight excluding hydrogens is 270 g/mol. The summed E-state index contributed by atoms with van der Waals surface area (Å²) in [5, 5.41) is 0.